The van der Waals surface area contributed by atoms with Crippen LogP contribution in [-0.2, 0) is 4.74 Å². The summed E-state index contributed by atoms with van der Waals surface area (Å²) in [6.45, 7) is 5.41. The fourth-order valence-electron chi connectivity index (χ4n) is 1.18. The molecule has 1 rings (SSSR count). The van der Waals surface area contributed by atoms with E-state index in [1.807, 2.05) is 26.0 Å². The maximum Gasteiger partial charge on any atom is 0.142 e. The van der Waals surface area contributed by atoms with E-state index in [4.69, 9.17) is 10.6 Å². The first-order valence-electron chi connectivity index (χ1n) is 5.04. The van der Waals surface area contributed by atoms with Crippen molar-refractivity contribution < 1.29 is 4.74 Å². The van der Waals surface area contributed by atoms with Crippen molar-refractivity contribution in [1.82, 2.24) is 4.98 Å². The fourth-order valence-corrected chi connectivity index (χ4v) is 1.18. The number of hydrogen-bond acceptors (Lipinski definition) is 5. The Morgan fingerprint density at radius 3 is 2.87 bits per heavy atom. The van der Waals surface area contributed by atoms with Crippen LogP contribution in [0, 0.1) is 0 Å². The molecule has 5 nitrogen and oxygen atoms in total. The Kier molecular flexibility index (Phi) is 4.86. The maximum absolute atomic E-state index is 5.29. The van der Waals surface area contributed by atoms with Crippen LogP contribution < -0.4 is 16.6 Å². The molecule has 4 N–H and O–H groups in total. The van der Waals surface area contributed by atoms with E-state index in [0.29, 0.717) is 12.4 Å². The second-order valence-electron chi connectivity index (χ2n) is 3.26. The Bertz CT molecular complexity index is 293. The molecule has 84 valence electrons. The van der Waals surface area contributed by atoms with Crippen LogP contribution in [0.5, 0.6) is 0 Å². The highest BCUT2D eigenvalue weighted by Gasteiger charge is 2.02. The van der Waals surface area contributed by atoms with Crippen LogP contribution in [0.3, 0.4) is 0 Å². The number of aromatic nitrogens is 1. The van der Waals surface area contributed by atoms with E-state index in [-0.39, 0.29) is 6.04 Å². The fraction of sp³-hybridized carbons (Fsp3) is 0.500. The van der Waals surface area contributed by atoms with Crippen LogP contribution in [0.25, 0.3) is 0 Å². The summed E-state index contributed by atoms with van der Waals surface area (Å²) in [7, 11) is 0. The number of hydrogen-bond donors (Lipinski definition) is 3. The zero-order chi connectivity index (χ0) is 11.1. The summed E-state index contributed by atoms with van der Waals surface area (Å²) in [5.74, 6) is 6.70. The van der Waals surface area contributed by atoms with Gasteiger partial charge < -0.3 is 15.5 Å². The Morgan fingerprint density at radius 2 is 2.20 bits per heavy atom. The maximum atomic E-state index is 5.29. The molecule has 1 atom stereocenters. The molecule has 0 amide bonds. The van der Waals surface area contributed by atoms with Crippen molar-refractivity contribution in [2.45, 2.75) is 19.9 Å². The number of nitrogens with one attached hydrogen (secondary N) is 2. The van der Waals surface area contributed by atoms with Gasteiger partial charge in [-0.15, -0.1) is 0 Å². The molecule has 0 aliphatic carbocycles. The molecule has 0 spiro atoms. The van der Waals surface area contributed by atoms with E-state index >= 15 is 0 Å². The predicted molar refractivity (Wildman–Crippen MR) is 61.6 cm³/mol. The average Bonchev–Trinajstić information content (AvgIpc) is 2.26. The van der Waals surface area contributed by atoms with Gasteiger partial charge >= 0.3 is 0 Å². The van der Waals surface area contributed by atoms with E-state index in [1.54, 1.807) is 6.07 Å². The van der Waals surface area contributed by atoms with Crippen molar-refractivity contribution in [2.24, 2.45) is 5.84 Å². The van der Waals surface area contributed by atoms with E-state index in [2.05, 4.69) is 15.7 Å². The van der Waals surface area contributed by atoms with Gasteiger partial charge in [-0.3, -0.25) is 0 Å². The minimum Gasteiger partial charge on any atom is -0.380 e. The van der Waals surface area contributed by atoms with Crippen molar-refractivity contribution in [3.05, 3.63) is 18.2 Å². The summed E-state index contributed by atoms with van der Waals surface area (Å²) >= 11 is 0. The molecule has 0 aliphatic rings. The number of ether oxygens (including phenoxy) is 1. The average molecular weight is 210 g/mol. The topological polar surface area (TPSA) is 72.2 Å². The Labute approximate surface area is 90.0 Å². The molecule has 0 radical (unpaired) electrons. The zero-order valence-electron chi connectivity index (χ0n) is 9.16. The molecule has 15 heavy (non-hydrogen) atoms. The quantitative estimate of drug-likeness (QED) is 0.486. The standard InChI is InChI=1S/C10H18N4O/c1-3-15-7-8(2)12-9-5-4-6-10(13-9)14-11/h4-6,8H,3,7,11H2,1-2H3,(H2,12,13,14). The van der Waals surface area contributed by atoms with Gasteiger partial charge in [0.15, 0.2) is 0 Å². The van der Waals surface area contributed by atoms with Crippen molar-refractivity contribution in [3.8, 4) is 0 Å². The number of nitrogen functional groups attached to an aromatic ring is 1. The van der Waals surface area contributed by atoms with Crippen LogP contribution in [0.4, 0.5) is 11.6 Å². The monoisotopic (exact) mass is 210 g/mol. The van der Waals surface area contributed by atoms with Gasteiger partial charge in [0.2, 0.25) is 0 Å². The molecule has 1 heterocycles. The molecule has 0 aliphatic heterocycles. The van der Waals surface area contributed by atoms with Crippen molar-refractivity contribution in [2.75, 3.05) is 24.0 Å². The number of nitrogens with zero attached hydrogens (tertiary/aromatic N) is 1. The van der Waals surface area contributed by atoms with Gasteiger partial charge in [0, 0.05) is 12.6 Å². The smallest absolute Gasteiger partial charge is 0.142 e. The van der Waals surface area contributed by atoms with Crippen LogP contribution in [0.1, 0.15) is 13.8 Å². The molecule has 1 aromatic rings. The molecule has 0 saturated carbocycles. The molecular formula is C10H18N4O. The first-order valence-corrected chi connectivity index (χ1v) is 5.04. The van der Waals surface area contributed by atoms with Crippen molar-refractivity contribution in [3.63, 3.8) is 0 Å². The highest BCUT2D eigenvalue weighted by Crippen LogP contribution is 2.08. The van der Waals surface area contributed by atoms with Gasteiger partial charge in [0.1, 0.15) is 11.6 Å². The lowest BCUT2D eigenvalue weighted by Gasteiger charge is -2.14. The molecule has 0 fully saturated rings. The van der Waals surface area contributed by atoms with Crippen LogP contribution in [0.2, 0.25) is 0 Å². The molecule has 0 saturated heterocycles. The molecule has 0 bridgehead atoms. The van der Waals surface area contributed by atoms with Crippen molar-refractivity contribution >= 4 is 11.6 Å². The molecule has 1 aromatic heterocycles. The molecule has 0 aromatic carbocycles. The summed E-state index contributed by atoms with van der Waals surface area (Å²) in [4.78, 5) is 4.24. The van der Waals surface area contributed by atoms with Crippen LogP contribution in [-0.4, -0.2) is 24.2 Å². The van der Waals surface area contributed by atoms with E-state index in [0.717, 1.165) is 12.4 Å². The second kappa shape index (κ2) is 6.21. The highest BCUT2D eigenvalue weighted by atomic mass is 16.5. The third kappa shape index (κ3) is 4.14. The van der Waals surface area contributed by atoms with Crippen molar-refractivity contribution in [1.29, 1.82) is 0 Å². The minimum atomic E-state index is 0.227. The summed E-state index contributed by atoms with van der Waals surface area (Å²) in [6.07, 6.45) is 0. The third-order valence-electron chi connectivity index (χ3n) is 1.86. The van der Waals surface area contributed by atoms with Crippen LogP contribution in [0.15, 0.2) is 18.2 Å². The van der Waals surface area contributed by atoms with Gasteiger partial charge in [0.05, 0.1) is 6.61 Å². The predicted octanol–water partition coefficient (Wildman–Crippen LogP) is 1.20. The molecule has 5 heteroatoms. The number of nitrogens with two attached hydrogens (primary N) is 1. The lowest BCUT2D eigenvalue weighted by molar-refractivity contribution is 0.141. The Hall–Kier alpha value is -1.33. The van der Waals surface area contributed by atoms with E-state index < -0.39 is 0 Å². The van der Waals surface area contributed by atoms with Gasteiger partial charge in [-0.2, -0.15) is 0 Å². The number of rotatable bonds is 6. The summed E-state index contributed by atoms with van der Waals surface area (Å²) < 4.78 is 5.29. The lowest BCUT2D eigenvalue weighted by atomic mass is 10.3. The van der Waals surface area contributed by atoms with E-state index in [9.17, 15) is 0 Å². The Balaban J connectivity index is 2.48. The second-order valence-corrected chi connectivity index (χ2v) is 3.26. The first-order chi connectivity index (χ1) is 7.26. The SMILES string of the molecule is CCOCC(C)Nc1cccc(NN)n1. The number of pyridine rings is 1. The zero-order valence-corrected chi connectivity index (χ0v) is 9.16. The summed E-state index contributed by atoms with van der Waals surface area (Å²) in [6, 6.07) is 5.81. The van der Waals surface area contributed by atoms with Gasteiger partial charge in [-0.1, -0.05) is 6.07 Å². The molecular weight excluding hydrogens is 192 g/mol. The molecule has 1 unspecified atom stereocenters. The number of anilines is 2. The van der Waals surface area contributed by atoms with Gasteiger partial charge in [-0.25, -0.2) is 10.8 Å². The number of hydrazine groups is 1. The van der Waals surface area contributed by atoms with E-state index in [1.165, 1.54) is 0 Å². The lowest BCUT2D eigenvalue weighted by Crippen LogP contribution is -2.22. The van der Waals surface area contributed by atoms with Gasteiger partial charge in [-0.05, 0) is 26.0 Å². The minimum absolute atomic E-state index is 0.227. The summed E-state index contributed by atoms with van der Waals surface area (Å²) in [5, 5.41) is 3.22. The normalized spacial score (nSPS) is 12.2. The van der Waals surface area contributed by atoms with Crippen LogP contribution >= 0.6 is 0 Å². The first kappa shape index (κ1) is 11.7. The summed E-state index contributed by atoms with van der Waals surface area (Å²) in [5.41, 5.74) is 2.50. The largest absolute Gasteiger partial charge is 0.380 e. The third-order valence-corrected chi connectivity index (χ3v) is 1.86. The Morgan fingerprint density at radius 1 is 1.47 bits per heavy atom. The van der Waals surface area contributed by atoms with Gasteiger partial charge in [0.25, 0.3) is 0 Å². The highest BCUT2D eigenvalue weighted by molar-refractivity contribution is 5.44.